The van der Waals surface area contributed by atoms with E-state index in [1.165, 1.54) is 12.8 Å². The van der Waals surface area contributed by atoms with Crippen molar-refractivity contribution in [2.24, 2.45) is 10.9 Å². The van der Waals surface area contributed by atoms with E-state index in [4.69, 9.17) is 19.2 Å². The summed E-state index contributed by atoms with van der Waals surface area (Å²) in [6.07, 6.45) is 8.17. The third kappa shape index (κ3) is 6.66. The molecular formula is C22H31N5O3. The molecule has 30 heavy (non-hydrogen) atoms. The van der Waals surface area contributed by atoms with Gasteiger partial charge >= 0.3 is 0 Å². The number of hydrogen-bond donors (Lipinski definition) is 2. The van der Waals surface area contributed by atoms with Gasteiger partial charge in [0.25, 0.3) is 0 Å². The molecule has 4 rings (SSSR count). The van der Waals surface area contributed by atoms with Gasteiger partial charge in [-0.3, -0.25) is 9.67 Å². The van der Waals surface area contributed by atoms with E-state index in [0.717, 1.165) is 68.2 Å². The molecule has 0 saturated heterocycles. The van der Waals surface area contributed by atoms with Crippen molar-refractivity contribution in [2.75, 3.05) is 44.8 Å². The monoisotopic (exact) mass is 413 g/mol. The van der Waals surface area contributed by atoms with Crippen LogP contribution >= 0.6 is 0 Å². The van der Waals surface area contributed by atoms with Gasteiger partial charge in [0.1, 0.15) is 0 Å². The number of nitrogens with zero attached hydrogens (tertiary/aromatic N) is 3. The van der Waals surface area contributed by atoms with Crippen LogP contribution in [0.5, 0.6) is 11.5 Å². The number of fused-ring (bicyclic) bond motifs is 1. The minimum absolute atomic E-state index is 0.667. The van der Waals surface area contributed by atoms with Crippen molar-refractivity contribution in [1.82, 2.24) is 15.1 Å². The standard InChI is InChI=1S/C22H31N5O3/c1-9-25-27(11-1)12-10-24-22(23-8-2-13-28-17-18-4-5-18)26-19-6-7-20-21(16-19)30-15-3-14-29-20/h1,6-7,9,11,16,18H,2-5,8,10,12-15,17H2,(H2,23,24,26). The number of rotatable bonds is 10. The minimum Gasteiger partial charge on any atom is -0.490 e. The van der Waals surface area contributed by atoms with E-state index in [9.17, 15) is 0 Å². The number of anilines is 1. The molecule has 0 spiro atoms. The molecule has 2 aromatic rings. The molecule has 2 N–H and O–H groups in total. The summed E-state index contributed by atoms with van der Waals surface area (Å²) in [6.45, 7) is 5.19. The first-order valence-corrected chi connectivity index (χ1v) is 10.9. The van der Waals surface area contributed by atoms with Crippen LogP contribution in [-0.2, 0) is 11.3 Å². The van der Waals surface area contributed by atoms with Crippen molar-refractivity contribution < 1.29 is 14.2 Å². The van der Waals surface area contributed by atoms with Gasteiger partial charge in [-0.25, -0.2) is 0 Å². The summed E-state index contributed by atoms with van der Waals surface area (Å²) in [5.41, 5.74) is 0.912. The second kappa shape index (κ2) is 10.9. The molecule has 0 bridgehead atoms. The van der Waals surface area contributed by atoms with E-state index in [1.54, 1.807) is 6.20 Å². The first kappa shape index (κ1) is 20.5. The van der Waals surface area contributed by atoms with Crippen molar-refractivity contribution >= 4 is 11.6 Å². The predicted octanol–water partition coefficient (Wildman–Crippen LogP) is 2.92. The number of aromatic nitrogens is 2. The summed E-state index contributed by atoms with van der Waals surface area (Å²) < 4.78 is 19.1. The van der Waals surface area contributed by atoms with Gasteiger partial charge in [-0.05, 0) is 43.4 Å². The van der Waals surface area contributed by atoms with Crippen molar-refractivity contribution in [3.63, 3.8) is 0 Å². The summed E-state index contributed by atoms with van der Waals surface area (Å²) in [5.74, 6) is 3.09. The van der Waals surface area contributed by atoms with Gasteiger partial charge < -0.3 is 24.8 Å². The molecule has 1 fully saturated rings. The first-order chi connectivity index (χ1) is 14.9. The molecule has 162 valence electrons. The van der Waals surface area contributed by atoms with Gasteiger partial charge in [0.15, 0.2) is 17.5 Å². The maximum atomic E-state index is 5.80. The molecule has 8 nitrogen and oxygen atoms in total. The highest BCUT2D eigenvalue weighted by Gasteiger charge is 2.20. The first-order valence-electron chi connectivity index (χ1n) is 10.9. The molecule has 1 aliphatic heterocycles. The van der Waals surface area contributed by atoms with Gasteiger partial charge in [-0.1, -0.05) is 0 Å². The Morgan fingerprint density at radius 3 is 2.97 bits per heavy atom. The molecule has 1 aromatic heterocycles. The topological polar surface area (TPSA) is 81.9 Å². The van der Waals surface area contributed by atoms with Crippen LogP contribution in [0.2, 0.25) is 0 Å². The van der Waals surface area contributed by atoms with Crippen LogP contribution < -0.4 is 20.1 Å². The molecule has 0 unspecified atom stereocenters. The van der Waals surface area contributed by atoms with Crippen molar-refractivity contribution in [1.29, 1.82) is 0 Å². The van der Waals surface area contributed by atoms with Crippen molar-refractivity contribution in [3.05, 3.63) is 36.7 Å². The zero-order chi connectivity index (χ0) is 20.4. The van der Waals surface area contributed by atoms with Crippen LogP contribution in [0, 0.1) is 5.92 Å². The quantitative estimate of drug-likeness (QED) is 0.354. The Bertz CT molecular complexity index is 805. The molecule has 8 heteroatoms. The zero-order valence-corrected chi connectivity index (χ0v) is 17.4. The highest BCUT2D eigenvalue weighted by molar-refractivity contribution is 5.93. The summed E-state index contributed by atoms with van der Waals surface area (Å²) in [6, 6.07) is 7.81. The molecule has 1 aliphatic carbocycles. The highest BCUT2D eigenvalue weighted by atomic mass is 16.5. The fourth-order valence-electron chi connectivity index (χ4n) is 3.13. The van der Waals surface area contributed by atoms with E-state index in [-0.39, 0.29) is 0 Å². The maximum absolute atomic E-state index is 5.80. The SMILES string of the molecule is c1cnn(CCNC(=NCCCOCC2CC2)Nc2ccc3c(c2)OCCCO3)c1. The maximum Gasteiger partial charge on any atom is 0.195 e. The van der Waals surface area contributed by atoms with Crippen molar-refractivity contribution in [3.8, 4) is 11.5 Å². The minimum atomic E-state index is 0.667. The van der Waals surface area contributed by atoms with E-state index in [0.29, 0.717) is 19.8 Å². The molecule has 2 aliphatic rings. The number of hydrogen-bond acceptors (Lipinski definition) is 5. The van der Waals surface area contributed by atoms with Crippen LogP contribution in [0.4, 0.5) is 5.69 Å². The van der Waals surface area contributed by atoms with Crippen LogP contribution in [0.25, 0.3) is 0 Å². The Hall–Kier alpha value is -2.74. The van der Waals surface area contributed by atoms with E-state index in [1.807, 2.05) is 35.1 Å². The molecule has 1 aromatic carbocycles. The molecular weight excluding hydrogens is 382 g/mol. The number of aliphatic imine (C=N–C) groups is 1. The predicted molar refractivity (Wildman–Crippen MR) is 116 cm³/mol. The number of ether oxygens (including phenoxy) is 3. The molecule has 0 amide bonds. The van der Waals surface area contributed by atoms with E-state index >= 15 is 0 Å². The lowest BCUT2D eigenvalue weighted by Gasteiger charge is -2.15. The Balaban J connectivity index is 1.31. The molecule has 2 heterocycles. The summed E-state index contributed by atoms with van der Waals surface area (Å²) in [4.78, 5) is 4.71. The average Bonchev–Trinajstić information content (AvgIpc) is 3.49. The van der Waals surface area contributed by atoms with Crippen LogP contribution in [0.15, 0.2) is 41.7 Å². The third-order valence-corrected chi connectivity index (χ3v) is 4.97. The Kier molecular flexibility index (Phi) is 7.44. The smallest absolute Gasteiger partial charge is 0.195 e. The summed E-state index contributed by atoms with van der Waals surface area (Å²) >= 11 is 0. The number of nitrogens with one attached hydrogen (secondary N) is 2. The van der Waals surface area contributed by atoms with Gasteiger partial charge in [-0.15, -0.1) is 0 Å². The fourth-order valence-corrected chi connectivity index (χ4v) is 3.13. The number of guanidine groups is 1. The Morgan fingerprint density at radius 2 is 2.13 bits per heavy atom. The lowest BCUT2D eigenvalue weighted by atomic mass is 10.3. The van der Waals surface area contributed by atoms with Gasteiger partial charge in [0.05, 0.1) is 19.8 Å². The third-order valence-electron chi connectivity index (χ3n) is 4.97. The summed E-state index contributed by atoms with van der Waals surface area (Å²) in [5, 5.41) is 11.0. The lowest BCUT2D eigenvalue weighted by molar-refractivity contribution is 0.123. The lowest BCUT2D eigenvalue weighted by Crippen LogP contribution is -2.33. The van der Waals surface area contributed by atoms with Gasteiger partial charge in [0, 0.05) is 56.9 Å². The van der Waals surface area contributed by atoms with Crippen LogP contribution in [0.3, 0.4) is 0 Å². The largest absolute Gasteiger partial charge is 0.490 e. The van der Waals surface area contributed by atoms with E-state index < -0.39 is 0 Å². The highest BCUT2D eigenvalue weighted by Crippen LogP contribution is 2.32. The van der Waals surface area contributed by atoms with Crippen LogP contribution in [0.1, 0.15) is 25.7 Å². The normalized spacial score (nSPS) is 16.2. The average molecular weight is 414 g/mol. The van der Waals surface area contributed by atoms with E-state index in [2.05, 4.69) is 15.7 Å². The second-order valence-corrected chi connectivity index (χ2v) is 7.64. The van der Waals surface area contributed by atoms with Crippen molar-refractivity contribution in [2.45, 2.75) is 32.2 Å². The van der Waals surface area contributed by atoms with Gasteiger partial charge in [-0.2, -0.15) is 5.10 Å². The molecule has 0 atom stereocenters. The Morgan fingerprint density at radius 1 is 1.23 bits per heavy atom. The molecule has 0 radical (unpaired) electrons. The van der Waals surface area contributed by atoms with Crippen LogP contribution in [-0.4, -0.2) is 55.3 Å². The fraction of sp³-hybridized carbons (Fsp3) is 0.545. The van der Waals surface area contributed by atoms with Gasteiger partial charge in [0.2, 0.25) is 0 Å². The Labute approximate surface area is 177 Å². The zero-order valence-electron chi connectivity index (χ0n) is 17.4. The number of benzene rings is 1. The second-order valence-electron chi connectivity index (χ2n) is 7.64. The summed E-state index contributed by atoms with van der Waals surface area (Å²) in [7, 11) is 0. The molecule has 1 saturated carbocycles.